The number of rotatable bonds is 10. The van der Waals surface area contributed by atoms with Crippen LogP contribution in [0.15, 0.2) is 84.9 Å². The average molecular weight is 543 g/mol. The number of epoxide rings is 4. The fraction of sp³-hybridized carbons (Fsp3) is 0.351. The summed E-state index contributed by atoms with van der Waals surface area (Å²) in [5, 5.41) is 0. The Kier molecular flexibility index (Phi) is 5.56. The van der Waals surface area contributed by atoms with Gasteiger partial charge in [0.1, 0.15) is 0 Å². The van der Waals surface area contributed by atoms with Crippen LogP contribution >= 0.6 is 0 Å². The van der Waals surface area contributed by atoms with Gasteiger partial charge in [-0.05, 0) is 55.6 Å². The number of fused-ring (bicyclic) bond motifs is 3. The number of hydrogen-bond donors (Lipinski definition) is 0. The van der Waals surface area contributed by atoms with Gasteiger partial charge in [0.05, 0.1) is 56.3 Å². The van der Waals surface area contributed by atoms with Crippen LogP contribution in [0.25, 0.3) is 11.1 Å². The van der Waals surface area contributed by atoms with E-state index in [2.05, 4.69) is 84.9 Å². The Hall–Kier alpha value is -3.28. The lowest BCUT2D eigenvalue weighted by Gasteiger charge is -2.35. The molecule has 4 fully saturated rings. The van der Waals surface area contributed by atoms with Crippen molar-refractivity contribution in [1.29, 1.82) is 0 Å². The second-order valence-electron chi connectivity index (χ2n) is 12.4. The van der Waals surface area contributed by atoms with Gasteiger partial charge in [-0.25, -0.2) is 0 Å². The van der Waals surface area contributed by atoms with Crippen molar-refractivity contribution in [3.05, 3.63) is 129 Å². The largest absolute Gasteiger partial charge is 0.373 e. The van der Waals surface area contributed by atoms with Crippen molar-refractivity contribution in [2.45, 2.75) is 55.5 Å². The molecule has 0 N–H and O–H groups in total. The summed E-state index contributed by atoms with van der Waals surface area (Å²) in [4.78, 5) is 0. The zero-order valence-corrected chi connectivity index (χ0v) is 23.2. The second-order valence-corrected chi connectivity index (χ2v) is 12.4. The van der Waals surface area contributed by atoms with Gasteiger partial charge in [0, 0.05) is 25.7 Å². The molecule has 4 atom stereocenters. The molecule has 0 spiro atoms. The van der Waals surface area contributed by atoms with E-state index in [0.29, 0.717) is 24.4 Å². The van der Waals surface area contributed by atoms with Crippen LogP contribution in [0.3, 0.4) is 0 Å². The maximum Gasteiger partial charge on any atom is 0.0850 e. The monoisotopic (exact) mass is 542 g/mol. The Labute approximate surface area is 241 Å². The van der Waals surface area contributed by atoms with Crippen LogP contribution in [-0.4, -0.2) is 50.8 Å². The highest BCUT2D eigenvalue weighted by Crippen LogP contribution is 2.56. The van der Waals surface area contributed by atoms with Gasteiger partial charge in [-0.3, -0.25) is 0 Å². The van der Waals surface area contributed by atoms with Crippen molar-refractivity contribution in [1.82, 2.24) is 0 Å². The third-order valence-corrected chi connectivity index (χ3v) is 9.63. The summed E-state index contributed by atoms with van der Waals surface area (Å²) in [7, 11) is 0. The van der Waals surface area contributed by atoms with Gasteiger partial charge in [0.15, 0.2) is 0 Å². The van der Waals surface area contributed by atoms with E-state index in [9.17, 15) is 0 Å². The average Bonchev–Trinajstić information content (AvgIpc) is 3.78. The Morgan fingerprint density at radius 2 is 0.829 bits per heavy atom. The van der Waals surface area contributed by atoms with Crippen molar-refractivity contribution < 1.29 is 18.9 Å². The molecule has 0 aromatic heterocycles. The lowest BCUT2D eigenvalue weighted by molar-refractivity contribution is 0.401. The van der Waals surface area contributed by atoms with E-state index in [1.165, 1.54) is 55.6 Å². The smallest absolute Gasteiger partial charge is 0.0850 e. The van der Waals surface area contributed by atoms with Gasteiger partial charge in [0.2, 0.25) is 0 Å². The summed E-state index contributed by atoms with van der Waals surface area (Å²) in [6.45, 7) is 3.47. The zero-order valence-electron chi connectivity index (χ0n) is 23.2. The first-order valence-electron chi connectivity index (χ1n) is 15.2. The fourth-order valence-corrected chi connectivity index (χ4v) is 7.25. The van der Waals surface area contributed by atoms with Crippen LogP contribution in [0.2, 0.25) is 0 Å². The molecule has 1 aliphatic carbocycles. The fourth-order valence-electron chi connectivity index (χ4n) is 7.25. The van der Waals surface area contributed by atoms with E-state index < -0.39 is 5.41 Å². The van der Waals surface area contributed by atoms with Gasteiger partial charge >= 0.3 is 0 Å². The number of benzene rings is 4. The molecule has 4 heteroatoms. The number of ether oxygens (including phenoxy) is 4. The van der Waals surface area contributed by atoms with Gasteiger partial charge in [-0.15, -0.1) is 0 Å². The van der Waals surface area contributed by atoms with Gasteiger partial charge < -0.3 is 18.9 Å². The molecule has 206 valence electrons. The summed E-state index contributed by atoms with van der Waals surface area (Å²) in [6, 6.07) is 32.6. The molecule has 4 aromatic rings. The Morgan fingerprint density at radius 1 is 0.463 bits per heavy atom. The molecular weight excluding hydrogens is 508 g/mol. The maximum atomic E-state index is 5.73. The molecule has 4 aromatic carbocycles. The molecule has 4 heterocycles. The Bertz CT molecular complexity index is 1520. The Morgan fingerprint density at radius 3 is 1.22 bits per heavy atom. The van der Waals surface area contributed by atoms with Crippen molar-refractivity contribution in [2.75, 3.05) is 26.4 Å². The molecule has 0 amide bonds. The molecule has 5 aliphatic rings. The highest BCUT2D eigenvalue weighted by atomic mass is 16.6. The van der Waals surface area contributed by atoms with E-state index in [0.717, 1.165) is 52.1 Å². The van der Waals surface area contributed by atoms with Gasteiger partial charge in [-0.2, -0.15) is 0 Å². The minimum Gasteiger partial charge on any atom is -0.373 e. The summed E-state index contributed by atoms with van der Waals surface area (Å²) in [6.07, 6.45) is 5.25. The second kappa shape index (κ2) is 9.37. The lowest BCUT2D eigenvalue weighted by Crippen LogP contribution is -2.29. The van der Waals surface area contributed by atoms with Crippen LogP contribution in [0.4, 0.5) is 0 Å². The molecule has 4 nitrogen and oxygen atoms in total. The van der Waals surface area contributed by atoms with E-state index in [4.69, 9.17) is 18.9 Å². The van der Waals surface area contributed by atoms with Crippen LogP contribution < -0.4 is 0 Å². The van der Waals surface area contributed by atoms with Crippen LogP contribution in [0.5, 0.6) is 0 Å². The molecule has 4 saturated heterocycles. The van der Waals surface area contributed by atoms with Crippen molar-refractivity contribution in [2.24, 2.45) is 0 Å². The normalized spacial score (nSPS) is 25.9. The highest BCUT2D eigenvalue weighted by Gasteiger charge is 2.46. The third-order valence-electron chi connectivity index (χ3n) is 9.63. The first kappa shape index (κ1) is 24.3. The van der Waals surface area contributed by atoms with Crippen LogP contribution in [0, 0.1) is 0 Å². The lowest BCUT2D eigenvalue weighted by atomic mass is 9.66. The molecular formula is C37H34O4. The number of hydrogen-bond acceptors (Lipinski definition) is 4. The summed E-state index contributed by atoms with van der Waals surface area (Å²) < 4.78 is 22.7. The summed E-state index contributed by atoms with van der Waals surface area (Å²) >= 11 is 0. The van der Waals surface area contributed by atoms with E-state index in [1.54, 1.807) is 0 Å². The molecule has 9 rings (SSSR count). The first-order valence-corrected chi connectivity index (χ1v) is 15.2. The molecule has 0 bridgehead atoms. The molecule has 0 saturated carbocycles. The quantitative estimate of drug-likeness (QED) is 0.209. The predicted molar refractivity (Wildman–Crippen MR) is 158 cm³/mol. The van der Waals surface area contributed by atoms with Crippen LogP contribution in [-0.2, 0) is 50.0 Å². The van der Waals surface area contributed by atoms with Crippen molar-refractivity contribution >= 4 is 0 Å². The van der Waals surface area contributed by atoms with Gasteiger partial charge in [0.25, 0.3) is 0 Å². The maximum absolute atomic E-state index is 5.73. The van der Waals surface area contributed by atoms with E-state index in [1.807, 2.05) is 0 Å². The molecule has 4 aliphatic heterocycles. The van der Waals surface area contributed by atoms with E-state index in [-0.39, 0.29) is 0 Å². The standard InChI is InChI=1S/C37H34O4/c1-3-7-35-33(5-1)34-6-2-4-8-36(34)37(35,27-11-9-23(15-29-19-38-29)25(13-27)17-31-21-40-31)28-12-10-24(16-30-20-39-30)26(14-28)18-32-22-41-32/h1-14,29-32H,15-22H2. The Balaban J connectivity index is 1.27. The third kappa shape index (κ3) is 4.36. The van der Waals surface area contributed by atoms with E-state index >= 15 is 0 Å². The van der Waals surface area contributed by atoms with Crippen LogP contribution in [0.1, 0.15) is 44.5 Å². The molecule has 4 unspecified atom stereocenters. The predicted octanol–water partition coefficient (Wildman–Crippen LogP) is 5.81. The topological polar surface area (TPSA) is 50.1 Å². The first-order chi connectivity index (χ1) is 20.3. The zero-order chi connectivity index (χ0) is 27.0. The minimum absolute atomic E-state index is 0.331. The van der Waals surface area contributed by atoms with Gasteiger partial charge in [-0.1, -0.05) is 84.9 Å². The minimum atomic E-state index is -0.408. The summed E-state index contributed by atoms with van der Waals surface area (Å²) in [5.41, 5.74) is 13.2. The van der Waals surface area contributed by atoms with Crippen molar-refractivity contribution in [3.63, 3.8) is 0 Å². The SMILES string of the molecule is c1ccc2c(c1)-c1ccccc1C2(c1ccc(CC2CO2)c(CC2CO2)c1)c1ccc(CC2CO2)c(CC2CO2)c1. The molecule has 41 heavy (non-hydrogen) atoms. The van der Waals surface area contributed by atoms with Crippen molar-refractivity contribution in [3.8, 4) is 11.1 Å². The molecule has 0 radical (unpaired) electrons. The highest BCUT2D eigenvalue weighted by molar-refractivity contribution is 5.86. The summed E-state index contributed by atoms with van der Waals surface area (Å²) in [5.74, 6) is 0.